The largest absolute Gasteiger partial charge is 0.272 e. The molecule has 2 nitrogen and oxygen atoms in total. The van der Waals surface area contributed by atoms with Crippen LogP contribution < -0.4 is 0 Å². The Bertz CT molecular complexity index is 321. The van der Waals surface area contributed by atoms with E-state index >= 15 is 0 Å². The lowest BCUT2D eigenvalue weighted by Gasteiger charge is -2.28. The Hall–Kier alpha value is -0.790. The van der Waals surface area contributed by atoms with Crippen LogP contribution in [0.15, 0.2) is 12.4 Å². The molecule has 0 aliphatic carbocycles. The predicted molar refractivity (Wildman–Crippen MR) is 69.4 cm³/mol. The SMILES string of the molecule is CC(C)Cc1cnn(CC(C)(C)C(C)C)c1. The fourth-order valence-corrected chi connectivity index (χ4v) is 1.67. The summed E-state index contributed by atoms with van der Waals surface area (Å²) in [6, 6.07) is 0. The van der Waals surface area contributed by atoms with Gasteiger partial charge < -0.3 is 0 Å². The zero-order valence-corrected chi connectivity index (χ0v) is 11.6. The van der Waals surface area contributed by atoms with Crippen molar-refractivity contribution >= 4 is 0 Å². The van der Waals surface area contributed by atoms with Crippen molar-refractivity contribution in [1.29, 1.82) is 0 Å². The highest BCUT2D eigenvalue weighted by Crippen LogP contribution is 2.27. The highest BCUT2D eigenvalue weighted by molar-refractivity contribution is 5.04. The third-order valence-corrected chi connectivity index (χ3v) is 3.46. The average Bonchev–Trinajstić information content (AvgIpc) is 2.50. The molecule has 0 spiro atoms. The first-order valence-corrected chi connectivity index (χ1v) is 6.32. The van der Waals surface area contributed by atoms with E-state index in [4.69, 9.17) is 0 Å². The molecule has 0 saturated heterocycles. The summed E-state index contributed by atoms with van der Waals surface area (Å²) >= 11 is 0. The molecule has 0 saturated carbocycles. The molecule has 16 heavy (non-hydrogen) atoms. The van der Waals surface area contributed by atoms with Gasteiger partial charge >= 0.3 is 0 Å². The smallest absolute Gasteiger partial charge is 0.0521 e. The first kappa shape index (κ1) is 13.3. The van der Waals surface area contributed by atoms with Gasteiger partial charge in [-0.15, -0.1) is 0 Å². The molecule has 0 N–H and O–H groups in total. The van der Waals surface area contributed by atoms with Crippen LogP contribution >= 0.6 is 0 Å². The van der Waals surface area contributed by atoms with Crippen LogP contribution in [0, 0.1) is 17.3 Å². The summed E-state index contributed by atoms with van der Waals surface area (Å²) in [5, 5.41) is 4.45. The van der Waals surface area contributed by atoms with Crippen molar-refractivity contribution in [3.8, 4) is 0 Å². The lowest BCUT2D eigenvalue weighted by atomic mass is 9.81. The van der Waals surface area contributed by atoms with Crippen LogP contribution in [0.25, 0.3) is 0 Å². The second-order valence-corrected chi connectivity index (χ2v) is 6.29. The van der Waals surface area contributed by atoms with Crippen LogP contribution in [-0.2, 0) is 13.0 Å². The van der Waals surface area contributed by atoms with Crippen molar-refractivity contribution in [3.63, 3.8) is 0 Å². The first-order valence-electron chi connectivity index (χ1n) is 6.32. The highest BCUT2D eigenvalue weighted by Gasteiger charge is 2.23. The Balaban J connectivity index is 2.65. The topological polar surface area (TPSA) is 17.8 Å². The standard InChI is InChI=1S/C14H26N2/c1-11(2)7-13-8-15-16(9-13)10-14(5,6)12(3)4/h8-9,11-12H,7,10H2,1-6H3. The highest BCUT2D eigenvalue weighted by atomic mass is 15.3. The van der Waals surface area contributed by atoms with E-state index in [0.717, 1.165) is 13.0 Å². The summed E-state index contributed by atoms with van der Waals surface area (Å²) in [4.78, 5) is 0. The number of hydrogen-bond donors (Lipinski definition) is 0. The minimum atomic E-state index is 0.307. The van der Waals surface area contributed by atoms with Crippen LogP contribution in [0.3, 0.4) is 0 Å². The summed E-state index contributed by atoms with van der Waals surface area (Å²) in [6.07, 6.45) is 5.34. The normalized spacial score (nSPS) is 12.8. The first-order chi connectivity index (χ1) is 7.31. The minimum Gasteiger partial charge on any atom is -0.272 e. The van der Waals surface area contributed by atoms with Gasteiger partial charge in [0.15, 0.2) is 0 Å². The third kappa shape index (κ3) is 3.66. The van der Waals surface area contributed by atoms with Crippen molar-refractivity contribution in [3.05, 3.63) is 18.0 Å². The Morgan fingerprint density at radius 2 is 1.88 bits per heavy atom. The van der Waals surface area contributed by atoms with E-state index in [-0.39, 0.29) is 0 Å². The second kappa shape index (κ2) is 5.03. The van der Waals surface area contributed by atoms with Crippen LogP contribution in [0.2, 0.25) is 0 Å². The zero-order valence-electron chi connectivity index (χ0n) is 11.6. The molecule has 1 aromatic heterocycles. The molecule has 2 heteroatoms. The van der Waals surface area contributed by atoms with E-state index in [1.807, 2.05) is 6.20 Å². The second-order valence-electron chi connectivity index (χ2n) is 6.29. The van der Waals surface area contributed by atoms with Gasteiger partial charge in [-0.3, -0.25) is 4.68 Å². The number of hydrogen-bond acceptors (Lipinski definition) is 1. The van der Waals surface area contributed by atoms with E-state index in [0.29, 0.717) is 17.3 Å². The fraction of sp³-hybridized carbons (Fsp3) is 0.786. The maximum absolute atomic E-state index is 4.45. The van der Waals surface area contributed by atoms with Crippen LogP contribution in [0.5, 0.6) is 0 Å². The molecule has 92 valence electrons. The summed E-state index contributed by atoms with van der Waals surface area (Å²) in [5.74, 6) is 1.38. The fourth-order valence-electron chi connectivity index (χ4n) is 1.67. The molecule has 0 aliphatic heterocycles. The summed E-state index contributed by atoms with van der Waals surface area (Å²) in [7, 11) is 0. The van der Waals surface area contributed by atoms with Gasteiger partial charge in [-0.05, 0) is 29.2 Å². The maximum Gasteiger partial charge on any atom is 0.0521 e. The molecule has 0 radical (unpaired) electrons. The molecule has 1 heterocycles. The Labute approximate surface area is 100 Å². The van der Waals surface area contributed by atoms with Crippen LogP contribution in [0.1, 0.15) is 47.1 Å². The van der Waals surface area contributed by atoms with E-state index in [1.54, 1.807) is 0 Å². The van der Waals surface area contributed by atoms with Gasteiger partial charge in [0.1, 0.15) is 0 Å². The molecule has 0 bridgehead atoms. The summed E-state index contributed by atoms with van der Waals surface area (Å²) < 4.78 is 2.09. The molecule has 0 aliphatic rings. The molecule has 1 rings (SSSR count). The van der Waals surface area contributed by atoms with E-state index in [9.17, 15) is 0 Å². The van der Waals surface area contributed by atoms with Crippen molar-refractivity contribution in [2.24, 2.45) is 17.3 Å². The predicted octanol–water partition coefficient (Wildman–Crippen LogP) is 3.76. The Kier molecular flexibility index (Phi) is 4.17. The molecule has 0 aromatic carbocycles. The Morgan fingerprint density at radius 1 is 1.25 bits per heavy atom. The molecule has 0 atom stereocenters. The van der Waals surface area contributed by atoms with Crippen molar-refractivity contribution in [2.45, 2.75) is 54.5 Å². The van der Waals surface area contributed by atoms with Gasteiger partial charge in [0.2, 0.25) is 0 Å². The Morgan fingerprint density at radius 3 is 2.38 bits per heavy atom. The van der Waals surface area contributed by atoms with Crippen LogP contribution in [0.4, 0.5) is 0 Å². The molecule has 0 amide bonds. The molecular formula is C14H26N2. The maximum atomic E-state index is 4.45. The number of aromatic nitrogens is 2. The summed E-state index contributed by atoms with van der Waals surface area (Å²) in [5.41, 5.74) is 1.66. The van der Waals surface area contributed by atoms with Crippen molar-refractivity contribution < 1.29 is 0 Å². The van der Waals surface area contributed by atoms with Gasteiger partial charge in [-0.1, -0.05) is 41.5 Å². The minimum absolute atomic E-state index is 0.307. The zero-order chi connectivity index (χ0) is 12.3. The van der Waals surface area contributed by atoms with Crippen LogP contribution in [-0.4, -0.2) is 9.78 Å². The molecular weight excluding hydrogens is 196 g/mol. The molecule has 1 aromatic rings. The van der Waals surface area contributed by atoms with Gasteiger partial charge in [0.05, 0.1) is 6.20 Å². The lowest BCUT2D eigenvalue weighted by molar-refractivity contribution is 0.201. The average molecular weight is 222 g/mol. The lowest BCUT2D eigenvalue weighted by Crippen LogP contribution is -2.25. The van der Waals surface area contributed by atoms with Gasteiger partial charge in [-0.2, -0.15) is 5.10 Å². The van der Waals surface area contributed by atoms with E-state index in [2.05, 4.69) is 57.5 Å². The number of nitrogens with zero attached hydrogens (tertiary/aromatic N) is 2. The monoisotopic (exact) mass is 222 g/mol. The van der Waals surface area contributed by atoms with Crippen molar-refractivity contribution in [1.82, 2.24) is 9.78 Å². The van der Waals surface area contributed by atoms with Gasteiger partial charge in [-0.25, -0.2) is 0 Å². The molecule has 0 unspecified atom stereocenters. The number of rotatable bonds is 5. The quantitative estimate of drug-likeness (QED) is 0.741. The van der Waals surface area contributed by atoms with Gasteiger partial charge in [0.25, 0.3) is 0 Å². The van der Waals surface area contributed by atoms with Gasteiger partial charge in [0, 0.05) is 12.7 Å². The van der Waals surface area contributed by atoms with Crippen molar-refractivity contribution in [2.75, 3.05) is 0 Å². The summed E-state index contributed by atoms with van der Waals surface area (Å²) in [6.45, 7) is 14.7. The molecule has 0 fully saturated rings. The van der Waals surface area contributed by atoms with E-state index in [1.165, 1.54) is 5.56 Å². The van der Waals surface area contributed by atoms with E-state index < -0.39 is 0 Å². The third-order valence-electron chi connectivity index (χ3n) is 3.46.